The SMILES string of the molecule is CC(=O)NC(C)CCC(C)O. The summed E-state index contributed by atoms with van der Waals surface area (Å²) in [5.41, 5.74) is 0. The number of hydrogen-bond donors (Lipinski definition) is 2. The molecular formula is C8H17NO2. The van der Waals surface area contributed by atoms with Crippen LogP contribution in [0.4, 0.5) is 0 Å². The second-order valence-corrected chi connectivity index (χ2v) is 3.03. The molecule has 0 aromatic rings. The number of aliphatic hydroxyl groups excluding tert-OH is 1. The van der Waals surface area contributed by atoms with Gasteiger partial charge in [0.15, 0.2) is 0 Å². The summed E-state index contributed by atoms with van der Waals surface area (Å²) in [6, 6.07) is 0.169. The molecule has 0 saturated heterocycles. The molecule has 0 rings (SSSR count). The van der Waals surface area contributed by atoms with Crippen LogP contribution in [0.25, 0.3) is 0 Å². The van der Waals surface area contributed by atoms with Crippen molar-refractivity contribution in [3.63, 3.8) is 0 Å². The molecule has 1 amide bonds. The highest BCUT2D eigenvalue weighted by atomic mass is 16.3. The van der Waals surface area contributed by atoms with Crippen molar-refractivity contribution in [3.05, 3.63) is 0 Å². The molecule has 0 heterocycles. The first-order chi connectivity index (χ1) is 5.02. The van der Waals surface area contributed by atoms with Gasteiger partial charge in [-0.2, -0.15) is 0 Å². The van der Waals surface area contributed by atoms with Crippen molar-refractivity contribution >= 4 is 5.91 Å². The summed E-state index contributed by atoms with van der Waals surface area (Å²) in [4.78, 5) is 10.5. The zero-order valence-corrected chi connectivity index (χ0v) is 7.42. The highest BCUT2D eigenvalue weighted by molar-refractivity contribution is 5.73. The molecule has 0 aromatic carbocycles. The summed E-state index contributed by atoms with van der Waals surface area (Å²) in [6.45, 7) is 5.18. The second kappa shape index (κ2) is 5.13. The van der Waals surface area contributed by atoms with Gasteiger partial charge in [-0.15, -0.1) is 0 Å². The van der Waals surface area contributed by atoms with E-state index in [4.69, 9.17) is 5.11 Å². The fourth-order valence-corrected chi connectivity index (χ4v) is 0.910. The van der Waals surface area contributed by atoms with Gasteiger partial charge in [-0.05, 0) is 26.7 Å². The predicted molar refractivity (Wildman–Crippen MR) is 44.2 cm³/mol. The summed E-state index contributed by atoms with van der Waals surface area (Å²) in [7, 11) is 0. The summed E-state index contributed by atoms with van der Waals surface area (Å²) in [6.07, 6.45) is 1.30. The molecule has 0 aliphatic heterocycles. The molecule has 0 aliphatic carbocycles. The molecule has 2 atom stereocenters. The van der Waals surface area contributed by atoms with Crippen molar-refractivity contribution in [1.82, 2.24) is 5.32 Å². The van der Waals surface area contributed by atoms with E-state index in [1.54, 1.807) is 6.92 Å². The molecule has 0 radical (unpaired) electrons. The first kappa shape index (κ1) is 10.4. The second-order valence-electron chi connectivity index (χ2n) is 3.03. The Morgan fingerprint density at radius 3 is 2.36 bits per heavy atom. The van der Waals surface area contributed by atoms with Crippen LogP contribution in [-0.2, 0) is 4.79 Å². The van der Waals surface area contributed by atoms with Gasteiger partial charge in [0.05, 0.1) is 6.10 Å². The minimum atomic E-state index is -0.272. The molecule has 66 valence electrons. The van der Waals surface area contributed by atoms with E-state index in [-0.39, 0.29) is 18.1 Å². The summed E-state index contributed by atoms with van der Waals surface area (Å²) in [5.74, 6) is -0.0110. The van der Waals surface area contributed by atoms with E-state index in [1.165, 1.54) is 6.92 Å². The molecule has 0 aromatic heterocycles. The smallest absolute Gasteiger partial charge is 0.217 e. The van der Waals surface area contributed by atoms with Crippen LogP contribution in [-0.4, -0.2) is 23.2 Å². The van der Waals surface area contributed by atoms with E-state index in [0.717, 1.165) is 12.8 Å². The van der Waals surface area contributed by atoms with Gasteiger partial charge in [0.1, 0.15) is 0 Å². The highest BCUT2D eigenvalue weighted by Crippen LogP contribution is 1.99. The minimum Gasteiger partial charge on any atom is -0.393 e. The summed E-state index contributed by atoms with van der Waals surface area (Å²) < 4.78 is 0. The first-order valence-electron chi connectivity index (χ1n) is 3.97. The topological polar surface area (TPSA) is 49.3 Å². The van der Waals surface area contributed by atoms with Crippen LogP contribution < -0.4 is 5.32 Å². The molecule has 0 bridgehead atoms. The van der Waals surface area contributed by atoms with E-state index in [1.807, 2.05) is 6.92 Å². The van der Waals surface area contributed by atoms with Crippen LogP contribution in [0.1, 0.15) is 33.6 Å². The van der Waals surface area contributed by atoms with Gasteiger partial charge in [-0.1, -0.05) is 0 Å². The van der Waals surface area contributed by atoms with Crippen molar-refractivity contribution in [2.24, 2.45) is 0 Å². The molecule has 2 unspecified atom stereocenters. The Morgan fingerprint density at radius 2 is 2.00 bits per heavy atom. The molecule has 0 fully saturated rings. The summed E-state index contributed by atoms with van der Waals surface area (Å²) in [5, 5.41) is 11.7. The Morgan fingerprint density at radius 1 is 1.45 bits per heavy atom. The lowest BCUT2D eigenvalue weighted by Gasteiger charge is -2.12. The molecule has 0 saturated carbocycles. The van der Waals surface area contributed by atoms with Gasteiger partial charge >= 0.3 is 0 Å². The quantitative estimate of drug-likeness (QED) is 0.633. The van der Waals surface area contributed by atoms with Gasteiger partial charge in [0, 0.05) is 13.0 Å². The number of amides is 1. The molecule has 0 aliphatic rings. The third kappa shape index (κ3) is 7.33. The Hall–Kier alpha value is -0.570. The highest BCUT2D eigenvalue weighted by Gasteiger charge is 2.04. The van der Waals surface area contributed by atoms with E-state index >= 15 is 0 Å². The zero-order valence-electron chi connectivity index (χ0n) is 7.42. The van der Waals surface area contributed by atoms with Crippen LogP contribution in [0.2, 0.25) is 0 Å². The fourth-order valence-electron chi connectivity index (χ4n) is 0.910. The Bertz CT molecular complexity index is 123. The maximum absolute atomic E-state index is 10.5. The van der Waals surface area contributed by atoms with Gasteiger partial charge in [-0.3, -0.25) is 4.79 Å². The lowest BCUT2D eigenvalue weighted by atomic mass is 10.1. The van der Waals surface area contributed by atoms with Crippen LogP contribution in [0, 0.1) is 0 Å². The Kier molecular flexibility index (Phi) is 4.86. The standard InChI is InChI=1S/C8H17NO2/c1-6(9-8(3)11)4-5-7(2)10/h6-7,10H,4-5H2,1-3H3,(H,9,11). The van der Waals surface area contributed by atoms with Gasteiger partial charge in [0.2, 0.25) is 5.91 Å². The maximum atomic E-state index is 10.5. The molecule has 2 N–H and O–H groups in total. The van der Waals surface area contributed by atoms with Crippen LogP contribution in [0.5, 0.6) is 0 Å². The van der Waals surface area contributed by atoms with Crippen LogP contribution in [0.15, 0.2) is 0 Å². The molecular weight excluding hydrogens is 142 g/mol. The largest absolute Gasteiger partial charge is 0.393 e. The van der Waals surface area contributed by atoms with Crippen LogP contribution >= 0.6 is 0 Å². The Labute approximate surface area is 67.8 Å². The van der Waals surface area contributed by atoms with Gasteiger partial charge in [-0.25, -0.2) is 0 Å². The lowest BCUT2D eigenvalue weighted by Crippen LogP contribution is -2.30. The van der Waals surface area contributed by atoms with E-state index in [0.29, 0.717) is 0 Å². The van der Waals surface area contributed by atoms with Gasteiger partial charge in [0.25, 0.3) is 0 Å². The van der Waals surface area contributed by atoms with Crippen LogP contribution in [0.3, 0.4) is 0 Å². The average Bonchev–Trinajstić information content (AvgIpc) is 1.82. The Balaban J connectivity index is 3.37. The molecule has 0 spiro atoms. The fraction of sp³-hybridized carbons (Fsp3) is 0.875. The number of nitrogens with one attached hydrogen (secondary N) is 1. The number of rotatable bonds is 4. The average molecular weight is 159 g/mol. The third-order valence-corrected chi connectivity index (χ3v) is 1.47. The predicted octanol–water partition coefficient (Wildman–Crippen LogP) is 0.672. The molecule has 3 nitrogen and oxygen atoms in total. The normalized spacial score (nSPS) is 15.6. The van der Waals surface area contributed by atoms with E-state index in [9.17, 15) is 4.79 Å². The van der Waals surface area contributed by atoms with E-state index < -0.39 is 0 Å². The summed E-state index contributed by atoms with van der Waals surface area (Å²) >= 11 is 0. The van der Waals surface area contributed by atoms with Gasteiger partial charge < -0.3 is 10.4 Å². The molecule has 11 heavy (non-hydrogen) atoms. The zero-order chi connectivity index (χ0) is 8.85. The van der Waals surface area contributed by atoms with E-state index in [2.05, 4.69) is 5.32 Å². The third-order valence-electron chi connectivity index (χ3n) is 1.47. The number of hydrogen-bond acceptors (Lipinski definition) is 2. The number of carbonyl (C=O) groups is 1. The lowest BCUT2D eigenvalue weighted by molar-refractivity contribution is -0.119. The monoisotopic (exact) mass is 159 g/mol. The number of carbonyl (C=O) groups excluding carboxylic acids is 1. The van der Waals surface area contributed by atoms with Crippen molar-refractivity contribution in [1.29, 1.82) is 0 Å². The molecule has 3 heteroatoms. The van der Waals surface area contributed by atoms with Crippen molar-refractivity contribution in [2.75, 3.05) is 0 Å². The first-order valence-corrected chi connectivity index (χ1v) is 3.97. The minimum absolute atomic E-state index is 0.0110. The number of aliphatic hydroxyl groups is 1. The van der Waals surface area contributed by atoms with Crippen molar-refractivity contribution < 1.29 is 9.90 Å². The van der Waals surface area contributed by atoms with Crippen molar-refractivity contribution in [3.8, 4) is 0 Å². The maximum Gasteiger partial charge on any atom is 0.217 e. The van der Waals surface area contributed by atoms with Crippen molar-refractivity contribution in [2.45, 2.75) is 45.8 Å².